The summed E-state index contributed by atoms with van der Waals surface area (Å²) in [5.41, 5.74) is 23.3. The van der Waals surface area contributed by atoms with Crippen molar-refractivity contribution in [1.82, 2.24) is 19.1 Å². The molecule has 75 heavy (non-hydrogen) atoms. The number of aromatic nitrogens is 4. The third-order valence-electron chi connectivity index (χ3n) is 16.9. The summed E-state index contributed by atoms with van der Waals surface area (Å²) >= 11 is 0. The Hall–Kier alpha value is -7.69. The predicted molar refractivity (Wildman–Crippen MR) is 307 cm³/mol. The Morgan fingerprint density at radius 2 is 1.00 bits per heavy atom. The normalized spacial score (nSPS) is 15.0. The molecule has 0 bridgehead atoms. The van der Waals surface area contributed by atoms with E-state index < -0.39 is 0 Å². The molecular weight excluding hydrogens is 1090 g/mol. The van der Waals surface area contributed by atoms with E-state index in [0.29, 0.717) is 5.92 Å². The topological polar surface area (TPSA) is 35.6 Å². The Labute approximate surface area is 453 Å². The molecule has 0 N–H and O–H groups in total. The summed E-state index contributed by atoms with van der Waals surface area (Å²) in [6, 6.07) is 75.1. The van der Waals surface area contributed by atoms with E-state index in [1.54, 1.807) is 0 Å². The van der Waals surface area contributed by atoms with E-state index in [2.05, 4.69) is 218 Å². The van der Waals surface area contributed by atoms with E-state index >= 15 is 0 Å². The summed E-state index contributed by atoms with van der Waals surface area (Å²) in [5, 5.41) is 5.25. The number of nitrogens with zero attached hydrogens (tertiary/aromatic N) is 4. The largest absolute Gasteiger partial charge is 0.309 e. The van der Waals surface area contributed by atoms with Gasteiger partial charge in [0, 0.05) is 64.9 Å². The monoisotopic (exact) mass is 1150 g/mol. The van der Waals surface area contributed by atoms with Gasteiger partial charge in [0.2, 0.25) is 0 Å². The summed E-state index contributed by atoms with van der Waals surface area (Å²) in [5.74, 6) is 0.674. The first-order valence-corrected chi connectivity index (χ1v) is 26.5. The molecule has 4 aromatic heterocycles. The van der Waals surface area contributed by atoms with Crippen LogP contribution in [-0.4, -0.2) is 19.1 Å². The number of fused-ring (bicyclic) bond motifs is 10. The molecule has 8 aromatic carbocycles. The molecule has 4 nitrogen and oxygen atoms in total. The summed E-state index contributed by atoms with van der Waals surface area (Å²) in [4.78, 5) is 9.39. The van der Waals surface area contributed by atoms with Crippen LogP contribution in [-0.2, 0) is 30.9 Å². The van der Waals surface area contributed by atoms with Crippen molar-refractivity contribution in [3.8, 4) is 56.1 Å². The molecule has 15 rings (SSSR count). The molecule has 1 saturated carbocycles. The van der Waals surface area contributed by atoms with Crippen molar-refractivity contribution in [1.29, 1.82) is 0 Å². The van der Waals surface area contributed by atoms with Gasteiger partial charge in [-0.1, -0.05) is 156 Å². The number of hydrogen-bond acceptors (Lipinski definition) is 2. The number of hydrogen-bond donors (Lipinski definition) is 0. The van der Waals surface area contributed by atoms with Gasteiger partial charge in [-0.3, -0.25) is 0 Å². The van der Waals surface area contributed by atoms with Gasteiger partial charge >= 0.3 is 0 Å². The SMILES string of the molecule is CC1(C)c2cc(-c3cc[c-]c(-c4ccc(C5CCCCC5)cn4)c3)ccc2-n2c3ccccc3c3cccc1c32.CC1(C)c2ccccc2-n2c3ccc(-c4cc[c-]c(-c5ccccn5)c4)cc3c3cccc1c32.[Ir]. The van der Waals surface area contributed by atoms with Gasteiger partial charge < -0.3 is 19.1 Å². The number of para-hydroxylation sites is 4. The molecule has 1 fully saturated rings. The molecule has 0 unspecified atom stereocenters. The molecule has 1 aliphatic carbocycles. The summed E-state index contributed by atoms with van der Waals surface area (Å²) in [6.45, 7) is 9.42. The first-order chi connectivity index (χ1) is 36.2. The summed E-state index contributed by atoms with van der Waals surface area (Å²) in [7, 11) is 0. The van der Waals surface area contributed by atoms with E-state index in [1.807, 2.05) is 36.5 Å². The molecule has 0 amide bonds. The molecule has 0 atom stereocenters. The van der Waals surface area contributed by atoms with E-state index in [-0.39, 0.29) is 30.9 Å². The fourth-order valence-corrected chi connectivity index (χ4v) is 13.0. The van der Waals surface area contributed by atoms with Crippen molar-refractivity contribution in [2.75, 3.05) is 0 Å². The van der Waals surface area contributed by atoms with Crippen molar-refractivity contribution in [2.45, 2.75) is 76.5 Å². The summed E-state index contributed by atoms with van der Waals surface area (Å²) < 4.78 is 4.94. The maximum absolute atomic E-state index is 4.89. The van der Waals surface area contributed by atoms with E-state index in [4.69, 9.17) is 4.98 Å². The van der Waals surface area contributed by atoms with Crippen molar-refractivity contribution in [3.63, 3.8) is 0 Å². The van der Waals surface area contributed by atoms with Gasteiger partial charge in [0.25, 0.3) is 0 Å². The van der Waals surface area contributed by atoms with Crippen LogP contribution in [0.1, 0.15) is 93.5 Å². The Kier molecular flexibility index (Phi) is 11.5. The van der Waals surface area contributed by atoms with Gasteiger partial charge in [-0.15, -0.1) is 70.8 Å². The Morgan fingerprint density at radius 3 is 1.69 bits per heavy atom. The Bertz CT molecular complexity index is 4170. The van der Waals surface area contributed by atoms with Crippen LogP contribution in [0.3, 0.4) is 0 Å². The molecule has 367 valence electrons. The Balaban J connectivity index is 0.000000144. The van der Waals surface area contributed by atoms with Gasteiger partial charge in [-0.05, 0) is 112 Å². The van der Waals surface area contributed by atoms with Gasteiger partial charge in [-0.2, -0.15) is 0 Å². The number of pyridine rings is 2. The van der Waals surface area contributed by atoms with E-state index in [9.17, 15) is 0 Å². The first kappa shape index (κ1) is 47.1. The van der Waals surface area contributed by atoms with Gasteiger partial charge in [0.05, 0.1) is 33.4 Å². The molecule has 12 aromatic rings. The minimum atomic E-state index is -0.116. The zero-order chi connectivity index (χ0) is 49.7. The van der Waals surface area contributed by atoms with Gasteiger partial charge in [0.15, 0.2) is 0 Å². The maximum Gasteiger partial charge on any atom is 0.0582 e. The molecule has 6 heterocycles. The second kappa shape index (κ2) is 18.3. The third-order valence-corrected chi connectivity index (χ3v) is 16.9. The first-order valence-electron chi connectivity index (χ1n) is 26.5. The number of rotatable bonds is 5. The zero-order valence-electron chi connectivity index (χ0n) is 42.8. The molecule has 0 saturated heterocycles. The average molecular weight is 1150 g/mol. The van der Waals surface area contributed by atoms with Crippen LogP contribution in [0, 0.1) is 12.1 Å². The van der Waals surface area contributed by atoms with E-state index in [1.165, 1.54) is 137 Å². The zero-order valence-corrected chi connectivity index (χ0v) is 45.2. The molecule has 0 spiro atoms. The van der Waals surface area contributed by atoms with Crippen molar-refractivity contribution < 1.29 is 20.1 Å². The standard InChI is InChI=1S/C38H33N2.C32H23N2.Ir/c1-38(2)32-16-9-15-31-30-14-6-7-17-35(30)40(37(31)32)36-21-19-27(23-33(36)38)26-12-8-13-28(22-26)34-20-18-29(24-39-34)25-10-4-3-5-11-25;1-32(2)26-12-3-4-15-30(26)34-29-17-16-22(20-25(29)24-11-8-13-27(32)31(24)34)21-9-7-10-23(19-21)28-14-5-6-18-33-28;/h6-9,12,14-25H,3-5,10-11H2,1-2H3;3-9,11-20H,1-2H3;/q2*-1;. The molecule has 5 heteroatoms. The fraction of sp³-hybridized carbons (Fsp3) is 0.171. The van der Waals surface area contributed by atoms with Crippen LogP contribution in [0.4, 0.5) is 0 Å². The predicted octanol–water partition coefficient (Wildman–Crippen LogP) is 17.9. The molecule has 1 radical (unpaired) electrons. The van der Waals surface area contributed by atoms with Gasteiger partial charge in [-0.25, -0.2) is 0 Å². The second-order valence-corrected chi connectivity index (χ2v) is 21.8. The minimum absolute atomic E-state index is 0. The quantitative estimate of drug-likeness (QED) is 0.161. The Morgan fingerprint density at radius 1 is 0.440 bits per heavy atom. The fourth-order valence-electron chi connectivity index (χ4n) is 13.0. The number of benzene rings is 8. The van der Waals surface area contributed by atoms with E-state index in [0.717, 1.165) is 22.5 Å². The van der Waals surface area contributed by atoms with Crippen LogP contribution in [0.5, 0.6) is 0 Å². The third kappa shape index (κ3) is 7.57. The van der Waals surface area contributed by atoms with Gasteiger partial charge in [0.1, 0.15) is 0 Å². The van der Waals surface area contributed by atoms with Crippen molar-refractivity contribution in [2.24, 2.45) is 0 Å². The molecule has 2 aliphatic heterocycles. The van der Waals surface area contributed by atoms with Crippen LogP contribution in [0.25, 0.3) is 99.8 Å². The molecular formula is C70H56IrN4-2. The average Bonchev–Trinajstić information content (AvgIpc) is 4.01. The smallest absolute Gasteiger partial charge is 0.0582 e. The van der Waals surface area contributed by atoms with Crippen LogP contribution in [0.2, 0.25) is 0 Å². The van der Waals surface area contributed by atoms with Crippen LogP contribution < -0.4 is 0 Å². The van der Waals surface area contributed by atoms with Crippen molar-refractivity contribution in [3.05, 3.63) is 240 Å². The second-order valence-electron chi connectivity index (χ2n) is 21.8. The maximum atomic E-state index is 4.89. The summed E-state index contributed by atoms with van der Waals surface area (Å²) in [6.07, 6.45) is 10.6. The molecule has 3 aliphatic rings. The van der Waals surface area contributed by atoms with Crippen molar-refractivity contribution >= 4 is 43.6 Å². The minimum Gasteiger partial charge on any atom is -0.309 e. The van der Waals surface area contributed by atoms with Crippen LogP contribution >= 0.6 is 0 Å². The van der Waals surface area contributed by atoms with Crippen LogP contribution in [0.15, 0.2) is 200 Å².